The number of aromatic nitrogens is 1. The molecule has 0 fully saturated rings. The summed E-state index contributed by atoms with van der Waals surface area (Å²) in [6.07, 6.45) is 0.762. The van der Waals surface area contributed by atoms with Crippen LogP contribution in [0.25, 0.3) is 0 Å². The first-order valence-electron chi connectivity index (χ1n) is 5.02. The molecule has 0 amide bonds. The number of benzene rings is 1. The predicted molar refractivity (Wildman–Crippen MR) is 65.0 cm³/mol. The molecule has 0 radical (unpaired) electrons. The van der Waals surface area contributed by atoms with Crippen LogP contribution in [-0.2, 0) is 6.42 Å². The summed E-state index contributed by atoms with van der Waals surface area (Å²) in [5, 5.41) is 0.528. The summed E-state index contributed by atoms with van der Waals surface area (Å²) in [5.41, 5.74) is 2.12. The summed E-state index contributed by atoms with van der Waals surface area (Å²) in [7, 11) is 1.66. The van der Waals surface area contributed by atoms with Crippen LogP contribution in [0, 0.1) is 0 Å². The number of halogens is 1. The zero-order chi connectivity index (χ0) is 11.4. The van der Waals surface area contributed by atoms with Crippen molar-refractivity contribution in [2.24, 2.45) is 0 Å². The van der Waals surface area contributed by atoms with Gasteiger partial charge in [-0.05, 0) is 29.8 Å². The summed E-state index contributed by atoms with van der Waals surface area (Å²) in [4.78, 5) is 4.25. The Hall–Kier alpha value is -1.54. The van der Waals surface area contributed by atoms with E-state index < -0.39 is 0 Å². The van der Waals surface area contributed by atoms with E-state index in [-0.39, 0.29) is 0 Å². The van der Waals surface area contributed by atoms with Gasteiger partial charge in [-0.25, -0.2) is 4.98 Å². The van der Waals surface area contributed by atoms with Crippen LogP contribution in [0.5, 0.6) is 5.75 Å². The Labute approximate surface area is 99.9 Å². The van der Waals surface area contributed by atoms with E-state index in [1.807, 2.05) is 36.4 Å². The molecule has 0 bridgehead atoms. The Morgan fingerprint density at radius 1 is 1.19 bits per heavy atom. The van der Waals surface area contributed by atoms with Crippen LogP contribution < -0.4 is 4.74 Å². The summed E-state index contributed by atoms with van der Waals surface area (Å²) in [6, 6.07) is 13.6. The van der Waals surface area contributed by atoms with E-state index in [0.29, 0.717) is 5.15 Å². The highest BCUT2D eigenvalue weighted by molar-refractivity contribution is 6.29. The van der Waals surface area contributed by atoms with Crippen LogP contribution in [0.15, 0.2) is 42.5 Å². The lowest BCUT2D eigenvalue weighted by Gasteiger charge is -2.04. The van der Waals surface area contributed by atoms with Crippen LogP contribution in [-0.4, -0.2) is 12.1 Å². The quantitative estimate of drug-likeness (QED) is 0.759. The van der Waals surface area contributed by atoms with Gasteiger partial charge in [0.25, 0.3) is 0 Å². The van der Waals surface area contributed by atoms with E-state index in [0.717, 1.165) is 23.4 Å². The number of rotatable bonds is 3. The summed E-state index contributed by atoms with van der Waals surface area (Å²) in [6.45, 7) is 0. The third kappa shape index (κ3) is 2.74. The maximum atomic E-state index is 5.83. The Morgan fingerprint density at radius 3 is 2.75 bits per heavy atom. The molecule has 0 aliphatic carbocycles. The molecule has 1 aromatic heterocycles. The third-order valence-electron chi connectivity index (χ3n) is 2.29. The predicted octanol–water partition coefficient (Wildman–Crippen LogP) is 3.33. The fourth-order valence-electron chi connectivity index (χ4n) is 1.54. The van der Waals surface area contributed by atoms with Crippen molar-refractivity contribution >= 4 is 11.6 Å². The third-order valence-corrected chi connectivity index (χ3v) is 2.50. The highest BCUT2D eigenvalue weighted by Gasteiger charge is 2.00. The van der Waals surface area contributed by atoms with E-state index in [4.69, 9.17) is 16.3 Å². The molecule has 0 saturated heterocycles. The minimum absolute atomic E-state index is 0.528. The molecule has 1 aromatic carbocycles. The van der Waals surface area contributed by atoms with Gasteiger partial charge in [-0.2, -0.15) is 0 Å². The van der Waals surface area contributed by atoms with Crippen LogP contribution in [0.3, 0.4) is 0 Å². The average Bonchev–Trinajstić information content (AvgIpc) is 2.29. The fraction of sp³-hybridized carbons (Fsp3) is 0.154. The smallest absolute Gasteiger partial charge is 0.129 e. The average molecular weight is 234 g/mol. The maximum absolute atomic E-state index is 5.83. The lowest BCUT2D eigenvalue weighted by Crippen LogP contribution is -1.92. The molecule has 1 heterocycles. The standard InChI is InChI=1S/C13H12ClNO/c1-16-12-6-2-4-10(9-12)8-11-5-3-7-13(14)15-11/h2-7,9H,8H2,1H3. The largest absolute Gasteiger partial charge is 0.497 e. The molecule has 0 unspecified atom stereocenters. The second-order valence-electron chi connectivity index (χ2n) is 3.48. The van der Waals surface area contributed by atoms with Gasteiger partial charge in [-0.3, -0.25) is 0 Å². The molecule has 0 aliphatic heterocycles. The molecule has 16 heavy (non-hydrogen) atoms. The topological polar surface area (TPSA) is 22.1 Å². The van der Waals surface area contributed by atoms with Crippen molar-refractivity contribution < 1.29 is 4.74 Å². The van der Waals surface area contributed by atoms with Gasteiger partial charge < -0.3 is 4.74 Å². The van der Waals surface area contributed by atoms with Crippen LogP contribution in [0.4, 0.5) is 0 Å². The highest BCUT2D eigenvalue weighted by Crippen LogP contribution is 2.16. The maximum Gasteiger partial charge on any atom is 0.129 e. The molecule has 3 heteroatoms. The molecule has 2 aromatic rings. The van der Waals surface area contributed by atoms with Crippen molar-refractivity contribution in [1.29, 1.82) is 0 Å². The van der Waals surface area contributed by atoms with Crippen LogP contribution in [0.1, 0.15) is 11.3 Å². The summed E-state index contributed by atoms with van der Waals surface area (Å²) < 4.78 is 5.17. The summed E-state index contributed by atoms with van der Waals surface area (Å²) in [5.74, 6) is 0.861. The number of ether oxygens (including phenoxy) is 1. The zero-order valence-corrected chi connectivity index (χ0v) is 9.74. The molecular formula is C13H12ClNO. The lowest BCUT2D eigenvalue weighted by molar-refractivity contribution is 0.414. The minimum Gasteiger partial charge on any atom is -0.497 e. The minimum atomic E-state index is 0.528. The molecule has 0 saturated carbocycles. The van der Waals surface area contributed by atoms with Crippen molar-refractivity contribution in [3.8, 4) is 5.75 Å². The lowest BCUT2D eigenvalue weighted by atomic mass is 10.1. The van der Waals surface area contributed by atoms with Crippen molar-refractivity contribution in [2.75, 3.05) is 7.11 Å². The molecular weight excluding hydrogens is 222 g/mol. The monoisotopic (exact) mass is 233 g/mol. The normalized spacial score (nSPS) is 10.1. The first-order chi connectivity index (χ1) is 7.78. The zero-order valence-electron chi connectivity index (χ0n) is 8.98. The number of methoxy groups -OCH3 is 1. The van der Waals surface area contributed by atoms with Gasteiger partial charge in [0, 0.05) is 12.1 Å². The van der Waals surface area contributed by atoms with Crippen LogP contribution in [0.2, 0.25) is 5.15 Å². The highest BCUT2D eigenvalue weighted by atomic mass is 35.5. The Morgan fingerprint density at radius 2 is 2.00 bits per heavy atom. The molecule has 0 atom stereocenters. The van der Waals surface area contributed by atoms with Crippen molar-refractivity contribution in [3.05, 3.63) is 58.9 Å². The van der Waals surface area contributed by atoms with E-state index in [9.17, 15) is 0 Å². The number of nitrogens with zero attached hydrogens (tertiary/aromatic N) is 1. The molecule has 2 rings (SSSR count). The SMILES string of the molecule is COc1cccc(Cc2cccc(Cl)n2)c1. The molecule has 2 nitrogen and oxygen atoms in total. The van der Waals surface area contributed by atoms with Gasteiger partial charge in [0.05, 0.1) is 7.11 Å². The van der Waals surface area contributed by atoms with Crippen molar-refractivity contribution in [1.82, 2.24) is 4.98 Å². The van der Waals surface area contributed by atoms with Gasteiger partial charge in [-0.1, -0.05) is 29.8 Å². The van der Waals surface area contributed by atoms with E-state index in [1.54, 1.807) is 13.2 Å². The second kappa shape index (κ2) is 4.99. The van der Waals surface area contributed by atoms with Gasteiger partial charge in [0.2, 0.25) is 0 Å². The van der Waals surface area contributed by atoms with E-state index >= 15 is 0 Å². The molecule has 0 aliphatic rings. The first kappa shape index (κ1) is 11.0. The Bertz CT molecular complexity index is 485. The molecule has 0 N–H and O–H groups in total. The Kier molecular flexibility index (Phi) is 3.42. The summed E-state index contributed by atoms with van der Waals surface area (Å²) >= 11 is 5.83. The molecule has 82 valence electrons. The molecule has 0 spiro atoms. The van der Waals surface area contributed by atoms with Crippen molar-refractivity contribution in [2.45, 2.75) is 6.42 Å². The number of hydrogen-bond donors (Lipinski definition) is 0. The fourth-order valence-corrected chi connectivity index (χ4v) is 1.72. The van der Waals surface area contributed by atoms with Gasteiger partial charge in [-0.15, -0.1) is 0 Å². The van der Waals surface area contributed by atoms with Gasteiger partial charge in [0.15, 0.2) is 0 Å². The van der Waals surface area contributed by atoms with Crippen molar-refractivity contribution in [3.63, 3.8) is 0 Å². The second-order valence-corrected chi connectivity index (χ2v) is 3.87. The first-order valence-corrected chi connectivity index (χ1v) is 5.40. The van der Waals surface area contributed by atoms with Crippen LogP contribution >= 0.6 is 11.6 Å². The Balaban J connectivity index is 2.20. The van der Waals surface area contributed by atoms with Gasteiger partial charge in [0.1, 0.15) is 10.9 Å². The van der Waals surface area contributed by atoms with E-state index in [2.05, 4.69) is 4.98 Å². The number of hydrogen-bond acceptors (Lipinski definition) is 2. The van der Waals surface area contributed by atoms with E-state index in [1.165, 1.54) is 0 Å². The number of pyridine rings is 1. The van der Waals surface area contributed by atoms with Gasteiger partial charge >= 0.3 is 0 Å².